The van der Waals surface area contributed by atoms with Crippen molar-refractivity contribution in [1.29, 1.82) is 0 Å². The van der Waals surface area contributed by atoms with Crippen LogP contribution in [0.25, 0.3) is 0 Å². The van der Waals surface area contributed by atoms with E-state index in [2.05, 4.69) is 10.0 Å². The predicted octanol–water partition coefficient (Wildman–Crippen LogP) is 2.80. The number of rotatable bonds is 6. The maximum atomic E-state index is 13.0. The van der Waals surface area contributed by atoms with Crippen molar-refractivity contribution in [3.63, 3.8) is 0 Å². The Hall–Kier alpha value is -2.78. The molecule has 30 heavy (non-hydrogen) atoms. The van der Waals surface area contributed by atoms with Gasteiger partial charge in [0.25, 0.3) is 0 Å². The normalized spacial score (nSPS) is 14.8. The Morgan fingerprint density at radius 2 is 1.77 bits per heavy atom. The number of amides is 1. The largest absolute Gasteiger partial charge is 0.506 e. The van der Waals surface area contributed by atoms with E-state index >= 15 is 0 Å². The number of phenolic OH excluding ortho intramolecular Hbond substituents is 1. The van der Waals surface area contributed by atoms with Gasteiger partial charge in [0.15, 0.2) is 11.5 Å². The average molecular weight is 435 g/mol. The maximum absolute atomic E-state index is 13.0. The number of aromatic hydroxyl groups is 1. The maximum Gasteiger partial charge on any atom is 0.242 e. The number of hydrogen-bond donors (Lipinski definition) is 3. The van der Waals surface area contributed by atoms with E-state index < -0.39 is 22.0 Å². The molecule has 0 aliphatic carbocycles. The molecule has 0 aromatic heterocycles. The molecule has 3 N–H and O–H groups in total. The summed E-state index contributed by atoms with van der Waals surface area (Å²) in [7, 11) is -4.01. The quantitative estimate of drug-likeness (QED) is 0.603. The fourth-order valence-corrected chi connectivity index (χ4v) is 4.36. The number of nitrogens with one attached hydrogen (secondary N) is 2. The van der Waals surface area contributed by atoms with Crippen molar-refractivity contribution in [3.05, 3.63) is 42.0 Å². The van der Waals surface area contributed by atoms with Crippen LogP contribution in [0.15, 0.2) is 41.3 Å². The van der Waals surface area contributed by atoms with Gasteiger partial charge in [0.1, 0.15) is 11.8 Å². The second-order valence-electron chi connectivity index (χ2n) is 7.51. The van der Waals surface area contributed by atoms with Gasteiger partial charge in [-0.05, 0) is 42.7 Å². The van der Waals surface area contributed by atoms with Crippen LogP contribution < -0.4 is 19.5 Å². The van der Waals surface area contributed by atoms with Gasteiger partial charge in [0.2, 0.25) is 15.9 Å². The topological polar surface area (TPSA) is 114 Å². The number of carbonyl (C=O) groups excluding carboxylic acids is 1. The molecule has 0 spiro atoms. The number of fused-ring (bicyclic) bond motifs is 1. The zero-order valence-corrected chi connectivity index (χ0v) is 18.0. The Labute approximate surface area is 176 Å². The fourth-order valence-electron chi connectivity index (χ4n) is 3.00. The lowest BCUT2D eigenvalue weighted by molar-refractivity contribution is -0.118. The summed E-state index contributed by atoms with van der Waals surface area (Å²) in [6.45, 7) is 6.21. The van der Waals surface area contributed by atoms with E-state index in [0.717, 1.165) is 5.56 Å². The van der Waals surface area contributed by atoms with Crippen LogP contribution in [0.2, 0.25) is 0 Å². The average Bonchev–Trinajstić information content (AvgIpc) is 2.93. The third kappa shape index (κ3) is 5.03. The zero-order valence-electron chi connectivity index (χ0n) is 17.1. The van der Waals surface area contributed by atoms with E-state index in [0.29, 0.717) is 31.1 Å². The molecule has 2 aromatic rings. The van der Waals surface area contributed by atoms with Crippen LogP contribution in [0.5, 0.6) is 17.2 Å². The van der Waals surface area contributed by atoms with Crippen LogP contribution in [0.4, 0.5) is 5.69 Å². The molecule has 0 saturated heterocycles. The summed E-state index contributed by atoms with van der Waals surface area (Å²) in [4.78, 5) is 12.8. The molecule has 0 bridgehead atoms. The molecule has 3 rings (SSSR count). The number of phenols is 1. The minimum Gasteiger partial charge on any atom is -0.506 e. The molecule has 1 unspecified atom stereocenters. The number of hydrogen-bond acceptors (Lipinski definition) is 6. The van der Waals surface area contributed by atoms with Gasteiger partial charge in [0, 0.05) is 12.5 Å². The van der Waals surface area contributed by atoms with Crippen molar-refractivity contribution in [3.8, 4) is 17.2 Å². The first-order valence-electron chi connectivity index (χ1n) is 9.70. The van der Waals surface area contributed by atoms with E-state index in [1.807, 2.05) is 6.92 Å². The van der Waals surface area contributed by atoms with E-state index in [4.69, 9.17) is 9.47 Å². The number of benzene rings is 2. The van der Waals surface area contributed by atoms with Crippen LogP contribution in [0, 0.1) is 12.8 Å². The van der Waals surface area contributed by atoms with Crippen molar-refractivity contribution in [2.24, 2.45) is 5.92 Å². The molecule has 9 heteroatoms. The highest BCUT2D eigenvalue weighted by atomic mass is 32.2. The number of carbonyl (C=O) groups is 1. The first-order chi connectivity index (χ1) is 14.2. The summed E-state index contributed by atoms with van der Waals surface area (Å²) >= 11 is 0. The molecular formula is C21H26N2O6S. The Bertz CT molecular complexity index is 1040. The molecular weight excluding hydrogens is 408 g/mol. The minimum atomic E-state index is -4.01. The van der Waals surface area contributed by atoms with Crippen molar-refractivity contribution >= 4 is 21.6 Å². The molecule has 1 aliphatic heterocycles. The third-order valence-electron chi connectivity index (χ3n) is 4.67. The molecule has 1 heterocycles. The molecule has 0 fully saturated rings. The highest BCUT2D eigenvalue weighted by Gasteiger charge is 2.29. The zero-order chi connectivity index (χ0) is 21.9. The molecule has 1 amide bonds. The van der Waals surface area contributed by atoms with Gasteiger partial charge >= 0.3 is 0 Å². The lowest BCUT2D eigenvalue weighted by Crippen LogP contribution is -2.47. The van der Waals surface area contributed by atoms with Crippen LogP contribution >= 0.6 is 0 Å². The second-order valence-corrected chi connectivity index (χ2v) is 9.23. The Morgan fingerprint density at radius 3 is 2.43 bits per heavy atom. The summed E-state index contributed by atoms with van der Waals surface area (Å²) in [5.74, 6) is -0.156. The standard InChI is InChI=1S/C21H26N2O6S/c1-13(2)20(21(25)22-16-7-5-14(3)11-17(16)24)23-30(26,27)15-6-8-18-19(12-15)29-10-4-9-28-18/h5-8,11-13,20,23-24H,4,9-10H2,1-3H3,(H,22,25). The van der Waals surface area contributed by atoms with Gasteiger partial charge < -0.3 is 19.9 Å². The van der Waals surface area contributed by atoms with Gasteiger partial charge in [-0.2, -0.15) is 4.72 Å². The van der Waals surface area contributed by atoms with Gasteiger partial charge in [0.05, 0.1) is 23.8 Å². The molecule has 1 atom stereocenters. The van der Waals surface area contributed by atoms with Crippen LogP contribution in [0.1, 0.15) is 25.8 Å². The van der Waals surface area contributed by atoms with Crippen molar-refractivity contribution < 1.29 is 27.8 Å². The van der Waals surface area contributed by atoms with Gasteiger partial charge in [-0.3, -0.25) is 4.79 Å². The molecule has 0 radical (unpaired) electrons. The van der Waals surface area contributed by atoms with E-state index in [1.165, 1.54) is 18.2 Å². The second kappa shape index (κ2) is 8.93. The third-order valence-corrected chi connectivity index (χ3v) is 6.11. The molecule has 0 saturated carbocycles. The first-order valence-corrected chi connectivity index (χ1v) is 11.2. The number of aryl methyl sites for hydroxylation is 1. The predicted molar refractivity (Wildman–Crippen MR) is 112 cm³/mol. The van der Waals surface area contributed by atoms with Crippen molar-refractivity contribution in [2.75, 3.05) is 18.5 Å². The monoisotopic (exact) mass is 434 g/mol. The van der Waals surface area contributed by atoms with Gasteiger partial charge in [-0.25, -0.2) is 8.42 Å². The van der Waals surface area contributed by atoms with Gasteiger partial charge in [-0.15, -0.1) is 0 Å². The van der Waals surface area contributed by atoms with E-state index in [1.54, 1.807) is 32.0 Å². The van der Waals surface area contributed by atoms with E-state index in [9.17, 15) is 18.3 Å². The highest BCUT2D eigenvalue weighted by Crippen LogP contribution is 2.32. The molecule has 1 aliphatic rings. The van der Waals surface area contributed by atoms with Crippen LogP contribution in [-0.4, -0.2) is 38.7 Å². The summed E-state index contributed by atoms with van der Waals surface area (Å²) in [6.07, 6.45) is 0.705. The van der Waals surface area contributed by atoms with Crippen molar-refractivity contribution in [1.82, 2.24) is 4.72 Å². The number of anilines is 1. The lowest BCUT2D eigenvalue weighted by atomic mass is 10.0. The molecule has 8 nitrogen and oxygen atoms in total. The minimum absolute atomic E-state index is 0.0246. The summed E-state index contributed by atoms with van der Waals surface area (Å²) in [5.41, 5.74) is 1.05. The first kappa shape index (κ1) is 21.9. The summed E-state index contributed by atoms with van der Waals surface area (Å²) in [6, 6.07) is 8.12. The number of sulfonamides is 1. The van der Waals surface area contributed by atoms with Crippen molar-refractivity contribution in [2.45, 2.75) is 38.1 Å². The van der Waals surface area contributed by atoms with E-state index in [-0.39, 0.29) is 22.3 Å². The smallest absolute Gasteiger partial charge is 0.242 e. The van der Waals surface area contributed by atoms with Gasteiger partial charge in [-0.1, -0.05) is 19.9 Å². The number of ether oxygens (including phenoxy) is 2. The lowest BCUT2D eigenvalue weighted by Gasteiger charge is -2.22. The Balaban J connectivity index is 1.81. The highest BCUT2D eigenvalue weighted by molar-refractivity contribution is 7.89. The fraction of sp³-hybridized carbons (Fsp3) is 0.381. The molecule has 162 valence electrons. The Morgan fingerprint density at radius 1 is 1.07 bits per heavy atom. The Kier molecular flexibility index (Phi) is 6.52. The van der Waals surface area contributed by atoms with Crippen LogP contribution in [-0.2, 0) is 14.8 Å². The van der Waals surface area contributed by atoms with Crippen LogP contribution in [0.3, 0.4) is 0 Å². The molecule has 2 aromatic carbocycles. The SMILES string of the molecule is Cc1ccc(NC(=O)C(NS(=O)(=O)c2ccc3c(c2)OCCCO3)C(C)C)c(O)c1. The summed E-state index contributed by atoms with van der Waals surface area (Å²) < 4.78 is 39.5. The summed E-state index contributed by atoms with van der Waals surface area (Å²) in [5, 5.41) is 12.6.